The molecule has 0 unspecified atom stereocenters. The van der Waals surface area contributed by atoms with E-state index < -0.39 is 22.3 Å². The van der Waals surface area contributed by atoms with E-state index in [9.17, 15) is 24.8 Å². The van der Waals surface area contributed by atoms with Crippen molar-refractivity contribution >= 4 is 29.0 Å². The van der Waals surface area contributed by atoms with E-state index in [4.69, 9.17) is 4.74 Å². The van der Waals surface area contributed by atoms with Crippen molar-refractivity contribution in [3.63, 3.8) is 0 Å². The molecule has 1 aromatic carbocycles. The predicted molar refractivity (Wildman–Crippen MR) is 117 cm³/mol. The van der Waals surface area contributed by atoms with E-state index in [0.717, 1.165) is 0 Å². The zero-order valence-corrected chi connectivity index (χ0v) is 17.7. The van der Waals surface area contributed by atoms with Crippen molar-refractivity contribution in [1.29, 1.82) is 0 Å². The van der Waals surface area contributed by atoms with Crippen molar-refractivity contribution in [2.24, 2.45) is 12.1 Å². The number of ether oxygens (including phenoxy) is 1. The fourth-order valence-corrected chi connectivity index (χ4v) is 2.95. The van der Waals surface area contributed by atoms with E-state index in [-0.39, 0.29) is 42.1 Å². The number of anilines is 1. The van der Waals surface area contributed by atoms with Crippen LogP contribution in [0.1, 0.15) is 19.4 Å². The molecule has 0 aliphatic heterocycles. The Balaban J connectivity index is 1.96. The van der Waals surface area contributed by atoms with Gasteiger partial charge in [-0.05, 0) is 13.8 Å². The highest BCUT2D eigenvalue weighted by atomic mass is 16.6. The van der Waals surface area contributed by atoms with Crippen LogP contribution in [0.2, 0.25) is 0 Å². The third-order valence-corrected chi connectivity index (χ3v) is 4.48. The molecule has 0 aliphatic rings. The van der Waals surface area contributed by atoms with Gasteiger partial charge in [0.15, 0.2) is 11.2 Å². The van der Waals surface area contributed by atoms with Crippen molar-refractivity contribution in [1.82, 2.24) is 19.1 Å². The molecule has 2 aromatic heterocycles. The molecule has 1 atom stereocenters. The Labute approximate surface area is 181 Å². The molecule has 3 N–H and O–H groups in total. The number of nitro benzene ring substituents is 1. The summed E-state index contributed by atoms with van der Waals surface area (Å²) in [6, 6.07) is 5.85. The molecule has 170 valence electrons. The Bertz CT molecular complexity index is 1270. The number of hydrogen-bond donors (Lipinski definition) is 3. The summed E-state index contributed by atoms with van der Waals surface area (Å²) in [6.07, 6.45) is 0.288. The molecule has 0 saturated carbocycles. The smallest absolute Gasteiger partial charge is 0.329 e. The van der Waals surface area contributed by atoms with E-state index in [1.165, 1.54) is 40.6 Å². The fraction of sp³-hybridized carbons (Fsp3) is 0.368. The first-order chi connectivity index (χ1) is 15.2. The van der Waals surface area contributed by atoms with Crippen molar-refractivity contribution in [3.8, 4) is 0 Å². The molecule has 0 saturated heterocycles. The maximum atomic E-state index is 12.5. The molecule has 32 heavy (non-hydrogen) atoms. The maximum Gasteiger partial charge on any atom is 0.329 e. The minimum absolute atomic E-state index is 0.0252. The summed E-state index contributed by atoms with van der Waals surface area (Å²) in [5.74, 6) is 0.0944. The number of aliphatic hydroxyl groups is 1. The van der Waals surface area contributed by atoms with Crippen LogP contribution in [0.15, 0.2) is 39.0 Å². The SMILES string of the molecule is CC(C)OC[C@H](O)Cn1c(N/N=C/c2cccc([N+](=O)[O-])c2)nc2c1c(=O)[nH]c(=O)n2C. The third kappa shape index (κ3) is 5.07. The minimum atomic E-state index is -0.965. The third-order valence-electron chi connectivity index (χ3n) is 4.48. The number of H-pyrrole nitrogens is 1. The molecule has 0 amide bonds. The predicted octanol–water partition coefficient (Wildman–Crippen LogP) is 0.563. The second kappa shape index (κ2) is 9.53. The zero-order valence-electron chi connectivity index (χ0n) is 17.7. The lowest BCUT2D eigenvalue weighted by Gasteiger charge is -2.15. The average molecular weight is 445 g/mol. The number of fused-ring (bicyclic) bond motifs is 1. The number of nitrogens with one attached hydrogen (secondary N) is 2. The summed E-state index contributed by atoms with van der Waals surface area (Å²) < 4.78 is 7.98. The van der Waals surface area contributed by atoms with Crippen LogP contribution in [0.25, 0.3) is 11.2 Å². The second-order valence-electron chi connectivity index (χ2n) is 7.29. The van der Waals surface area contributed by atoms with Crippen LogP contribution >= 0.6 is 0 Å². The van der Waals surface area contributed by atoms with Gasteiger partial charge in [-0.15, -0.1) is 0 Å². The number of nitrogens with zero attached hydrogens (tertiary/aromatic N) is 5. The number of hydrogen-bond acceptors (Lipinski definition) is 9. The normalized spacial score (nSPS) is 12.7. The van der Waals surface area contributed by atoms with Crippen molar-refractivity contribution < 1.29 is 14.8 Å². The van der Waals surface area contributed by atoms with Gasteiger partial charge in [-0.3, -0.25) is 24.5 Å². The van der Waals surface area contributed by atoms with Gasteiger partial charge in [-0.1, -0.05) is 12.1 Å². The Hall–Kier alpha value is -3.84. The van der Waals surface area contributed by atoms with E-state index in [1.807, 2.05) is 13.8 Å². The lowest BCUT2D eigenvalue weighted by Crippen LogP contribution is -2.30. The van der Waals surface area contributed by atoms with Crippen LogP contribution < -0.4 is 16.7 Å². The number of nitro groups is 1. The van der Waals surface area contributed by atoms with Gasteiger partial charge < -0.3 is 14.4 Å². The highest BCUT2D eigenvalue weighted by molar-refractivity contribution is 5.81. The summed E-state index contributed by atoms with van der Waals surface area (Å²) in [5.41, 5.74) is 1.92. The number of benzene rings is 1. The average Bonchev–Trinajstić information content (AvgIpc) is 3.09. The van der Waals surface area contributed by atoms with Gasteiger partial charge in [0.05, 0.1) is 36.5 Å². The number of aryl methyl sites for hydroxylation is 1. The number of rotatable bonds is 9. The Morgan fingerprint density at radius 3 is 2.84 bits per heavy atom. The van der Waals surface area contributed by atoms with E-state index in [1.54, 1.807) is 6.07 Å². The van der Waals surface area contributed by atoms with Crippen LogP contribution in [0, 0.1) is 10.1 Å². The molecule has 3 rings (SSSR count). The standard InChI is InChI=1S/C19H23N7O6/c1-11(2)32-10-14(27)9-25-15-16(24(3)19(29)22-17(15)28)21-18(25)23-20-8-12-5-4-6-13(7-12)26(30)31/h4-8,11,14,27H,9-10H2,1-3H3,(H,21,23)(H,22,28,29)/b20-8+/t14-/m1/s1. The van der Waals surface area contributed by atoms with Crippen molar-refractivity contribution in [2.75, 3.05) is 12.0 Å². The van der Waals surface area contributed by atoms with Gasteiger partial charge in [-0.2, -0.15) is 10.1 Å². The molecule has 0 radical (unpaired) electrons. The Kier molecular flexibility index (Phi) is 6.80. The second-order valence-corrected chi connectivity index (χ2v) is 7.29. The quantitative estimate of drug-likeness (QED) is 0.244. The summed E-state index contributed by atoms with van der Waals surface area (Å²) in [4.78, 5) is 41.3. The molecule has 2 heterocycles. The van der Waals surface area contributed by atoms with Gasteiger partial charge in [-0.25, -0.2) is 10.2 Å². The summed E-state index contributed by atoms with van der Waals surface area (Å²) in [7, 11) is 1.45. The first kappa shape index (κ1) is 22.8. The molecule has 0 spiro atoms. The van der Waals surface area contributed by atoms with Crippen molar-refractivity contribution in [2.45, 2.75) is 32.6 Å². The summed E-state index contributed by atoms with van der Waals surface area (Å²) >= 11 is 0. The molecule has 0 fully saturated rings. The molecule has 0 aliphatic carbocycles. The lowest BCUT2D eigenvalue weighted by atomic mass is 10.2. The summed E-state index contributed by atoms with van der Waals surface area (Å²) in [5, 5.41) is 25.3. The number of aromatic nitrogens is 4. The number of aliphatic hydroxyl groups excluding tert-OH is 1. The highest BCUT2D eigenvalue weighted by Crippen LogP contribution is 2.17. The topological polar surface area (TPSA) is 170 Å². The lowest BCUT2D eigenvalue weighted by molar-refractivity contribution is -0.384. The zero-order chi connectivity index (χ0) is 23.4. The Morgan fingerprint density at radius 2 is 2.16 bits per heavy atom. The monoisotopic (exact) mass is 445 g/mol. The first-order valence-electron chi connectivity index (χ1n) is 9.70. The van der Waals surface area contributed by atoms with Gasteiger partial charge in [0.1, 0.15) is 0 Å². The molecule has 13 nitrogen and oxygen atoms in total. The molecule has 3 aromatic rings. The fourth-order valence-electron chi connectivity index (χ4n) is 2.95. The number of imidazole rings is 1. The highest BCUT2D eigenvalue weighted by Gasteiger charge is 2.20. The van der Waals surface area contributed by atoms with Crippen LogP contribution in [0.5, 0.6) is 0 Å². The van der Waals surface area contributed by atoms with E-state index in [0.29, 0.717) is 5.56 Å². The van der Waals surface area contributed by atoms with E-state index in [2.05, 4.69) is 20.5 Å². The number of non-ortho nitro benzene ring substituents is 1. The largest absolute Gasteiger partial charge is 0.389 e. The van der Waals surface area contributed by atoms with Crippen LogP contribution in [-0.4, -0.2) is 54.2 Å². The van der Waals surface area contributed by atoms with Gasteiger partial charge in [0.2, 0.25) is 5.95 Å². The first-order valence-corrected chi connectivity index (χ1v) is 9.70. The molecular weight excluding hydrogens is 422 g/mol. The van der Waals surface area contributed by atoms with Crippen LogP contribution in [0.4, 0.5) is 11.6 Å². The molecular formula is C19H23N7O6. The minimum Gasteiger partial charge on any atom is -0.389 e. The summed E-state index contributed by atoms with van der Waals surface area (Å²) in [6.45, 7) is 3.63. The number of aromatic amines is 1. The van der Waals surface area contributed by atoms with Gasteiger partial charge in [0.25, 0.3) is 11.2 Å². The van der Waals surface area contributed by atoms with Gasteiger partial charge in [0, 0.05) is 24.7 Å². The number of hydrazone groups is 1. The molecule has 0 bridgehead atoms. The van der Waals surface area contributed by atoms with E-state index >= 15 is 0 Å². The Morgan fingerprint density at radius 1 is 1.41 bits per heavy atom. The molecule has 13 heteroatoms. The van der Waals surface area contributed by atoms with Crippen LogP contribution in [-0.2, 0) is 18.3 Å². The van der Waals surface area contributed by atoms with Crippen LogP contribution in [0.3, 0.4) is 0 Å². The van der Waals surface area contributed by atoms with Gasteiger partial charge >= 0.3 is 5.69 Å². The van der Waals surface area contributed by atoms with Crippen molar-refractivity contribution in [3.05, 3.63) is 60.8 Å². The maximum absolute atomic E-state index is 12.5.